The van der Waals surface area contributed by atoms with Gasteiger partial charge in [-0.2, -0.15) is 0 Å². The average Bonchev–Trinajstić information content (AvgIpc) is 2.30. The van der Waals surface area contributed by atoms with Crippen molar-refractivity contribution in [2.45, 2.75) is 33.6 Å². The Kier molecular flexibility index (Phi) is 5.76. The van der Waals surface area contributed by atoms with Crippen LogP contribution in [0.25, 0.3) is 0 Å². The van der Waals surface area contributed by atoms with Gasteiger partial charge in [-0.3, -0.25) is 0 Å². The van der Waals surface area contributed by atoms with Crippen LogP contribution in [0.3, 0.4) is 0 Å². The molecule has 0 amide bonds. The molecule has 0 saturated heterocycles. The molecule has 0 spiro atoms. The largest absolute Gasteiger partial charge is 0.494 e. The maximum atomic E-state index is 5.44. The van der Waals surface area contributed by atoms with E-state index in [1.165, 1.54) is 18.5 Å². The van der Waals surface area contributed by atoms with E-state index < -0.39 is 0 Å². The summed E-state index contributed by atoms with van der Waals surface area (Å²) in [5.41, 5.74) is 1.30. The van der Waals surface area contributed by atoms with Crippen molar-refractivity contribution in [2.24, 2.45) is 0 Å². The zero-order valence-corrected chi connectivity index (χ0v) is 10.7. The van der Waals surface area contributed by atoms with Crippen LogP contribution in [0, 0.1) is 0 Å². The van der Waals surface area contributed by atoms with Crippen LogP contribution in [0.5, 0.6) is 5.75 Å². The second-order valence-corrected chi connectivity index (χ2v) is 3.91. The second kappa shape index (κ2) is 7.15. The predicted molar refractivity (Wildman–Crippen MR) is 70.4 cm³/mol. The van der Waals surface area contributed by atoms with E-state index in [1.807, 2.05) is 6.92 Å². The summed E-state index contributed by atoms with van der Waals surface area (Å²) >= 11 is 0. The molecule has 0 aliphatic heterocycles. The molecular weight excluding hydrogens is 198 g/mol. The highest BCUT2D eigenvalue weighted by Gasteiger charge is 2.03. The lowest BCUT2D eigenvalue weighted by Crippen LogP contribution is -2.24. The number of hydrogen-bond donors (Lipinski definition) is 0. The van der Waals surface area contributed by atoms with Gasteiger partial charge in [-0.15, -0.1) is 0 Å². The number of ether oxygens (including phenoxy) is 1. The Morgan fingerprint density at radius 2 is 1.50 bits per heavy atom. The molecule has 0 bridgehead atoms. The Balaban J connectivity index is 2.68. The molecule has 0 fully saturated rings. The fourth-order valence-corrected chi connectivity index (χ4v) is 1.83. The second-order valence-electron chi connectivity index (χ2n) is 3.91. The number of nitrogens with zero attached hydrogens (tertiary/aromatic N) is 1. The summed E-state index contributed by atoms with van der Waals surface area (Å²) in [7, 11) is 0. The lowest BCUT2D eigenvalue weighted by molar-refractivity contribution is 0.340. The normalized spacial score (nSPS) is 10.2. The molecule has 1 aromatic carbocycles. The van der Waals surface area contributed by atoms with E-state index >= 15 is 0 Å². The van der Waals surface area contributed by atoms with Gasteiger partial charge in [0, 0.05) is 18.8 Å². The van der Waals surface area contributed by atoms with Crippen molar-refractivity contribution >= 4 is 5.69 Å². The summed E-state index contributed by atoms with van der Waals surface area (Å²) in [6.07, 6.45) is 2.38. The van der Waals surface area contributed by atoms with Crippen LogP contribution in [-0.4, -0.2) is 19.7 Å². The third-order valence-electron chi connectivity index (χ3n) is 2.50. The molecule has 0 atom stereocenters. The van der Waals surface area contributed by atoms with Crippen LogP contribution >= 0.6 is 0 Å². The number of hydrogen-bond acceptors (Lipinski definition) is 2. The van der Waals surface area contributed by atoms with Crippen LogP contribution in [0.4, 0.5) is 5.69 Å². The van der Waals surface area contributed by atoms with Gasteiger partial charge >= 0.3 is 0 Å². The minimum absolute atomic E-state index is 0.729. The smallest absolute Gasteiger partial charge is 0.119 e. The highest BCUT2D eigenvalue weighted by molar-refractivity contribution is 5.48. The standard InChI is InChI=1S/C14H23NO/c1-4-11-15(12-5-2)13-7-9-14(10-8-13)16-6-3/h7-10H,4-6,11-12H2,1-3H3. The van der Waals surface area contributed by atoms with E-state index in [9.17, 15) is 0 Å². The van der Waals surface area contributed by atoms with E-state index in [4.69, 9.17) is 4.74 Å². The molecule has 2 heteroatoms. The molecule has 1 rings (SSSR count). The van der Waals surface area contributed by atoms with Gasteiger partial charge in [0.1, 0.15) is 5.75 Å². The Labute approximate surface area is 99.2 Å². The van der Waals surface area contributed by atoms with Crippen molar-refractivity contribution in [3.8, 4) is 5.75 Å². The molecular formula is C14H23NO. The van der Waals surface area contributed by atoms with Crippen molar-refractivity contribution in [1.82, 2.24) is 0 Å². The number of benzene rings is 1. The maximum absolute atomic E-state index is 5.44. The highest BCUT2D eigenvalue weighted by Crippen LogP contribution is 2.19. The molecule has 0 aromatic heterocycles. The fourth-order valence-electron chi connectivity index (χ4n) is 1.83. The van der Waals surface area contributed by atoms with E-state index in [0.29, 0.717) is 0 Å². The van der Waals surface area contributed by atoms with Crippen molar-refractivity contribution in [3.05, 3.63) is 24.3 Å². The lowest BCUT2D eigenvalue weighted by Gasteiger charge is -2.23. The third kappa shape index (κ3) is 3.76. The minimum Gasteiger partial charge on any atom is -0.494 e. The lowest BCUT2D eigenvalue weighted by atomic mass is 10.2. The summed E-state index contributed by atoms with van der Waals surface area (Å²) < 4.78 is 5.44. The molecule has 0 saturated carbocycles. The quantitative estimate of drug-likeness (QED) is 0.696. The first-order valence-corrected chi connectivity index (χ1v) is 6.29. The van der Waals surface area contributed by atoms with Crippen molar-refractivity contribution in [3.63, 3.8) is 0 Å². The van der Waals surface area contributed by atoms with Crippen molar-refractivity contribution < 1.29 is 4.74 Å². The summed E-state index contributed by atoms with van der Waals surface area (Å²) in [5.74, 6) is 0.958. The first kappa shape index (κ1) is 12.9. The highest BCUT2D eigenvalue weighted by atomic mass is 16.5. The van der Waals surface area contributed by atoms with Gasteiger partial charge in [-0.05, 0) is 44.0 Å². The zero-order chi connectivity index (χ0) is 11.8. The Hall–Kier alpha value is -1.18. The SMILES string of the molecule is CCCN(CCC)c1ccc(OCC)cc1. The third-order valence-corrected chi connectivity index (χ3v) is 2.50. The van der Waals surface area contributed by atoms with E-state index in [1.54, 1.807) is 0 Å². The molecule has 2 nitrogen and oxygen atoms in total. The molecule has 0 radical (unpaired) electrons. The first-order chi connectivity index (χ1) is 7.81. The Morgan fingerprint density at radius 1 is 0.938 bits per heavy atom. The van der Waals surface area contributed by atoms with Crippen LogP contribution in [-0.2, 0) is 0 Å². The van der Waals surface area contributed by atoms with Gasteiger partial charge < -0.3 is 9.64 Å². The van der Waals surface area contributed by atoms with Crippen LogP contribution < -0.4 is 9.64 Å². The Bertz CT molecular complexity index is 275. The van der Waals surface area contributed by atoms with E-state index in [-0.39, 0.29) is 0 Å². The van der Waals surface area contributed by atoms with Gasteiger partial charge in [0.15, 0.2) is 0 Å². The first-order valence-electron chi connectivity index (χ1n) is 6.29. The molecule has 0 N–H and O–H groups in total. The summed E-state index contributed by atoms with van der Waals surface area (Å²) in [6.45, 7) is 9.43. The number of rotatable bonds is 7. The maximum Gasteiger partial charge on any atom is 0.119 e. The van der Waals surface area contributed by atoms with Gasteiger partial charge in [-0.1, -0.05) is 13.8 Å². The van der Waals surface area contributed by atoms with E-state index in [2.05, 4.69) is 43.0 Å². The average molecular weight is 221 g/mol. The molecule has 0 aliphatic rings. The predicted octanol–water partition coefficient (Wildman–Crippen LogP) is 3.71. The Morgan fingerprint density at radius 3 is 1.94 bits per heavy atom. The van der Waals surface area contributed by atoms with Gasteiger partial charge in [0.25, 0.3) is 0 Å². The molecule has 16 heavy (non-hydrogen) atoms. The fraction of sp³-hybridized carbons (Fsp3) is 0.571. The summed E-state index contributed by atoms with van der Waals surface area (Å²) in [6, 6.07) is 8.40. The zero-order valence-electron chi connectivity index (χ0n) is 10.7. The molecule has 1 aromatic rings. The topological polar surface area (TPSA) is 12.5 Å². The van der Waals surface area contributed by atoms with Crippen molar-refractivity contribution in [2.75, 3.05) is 24.6 Å². The summed E-state index contributed by atoms with van der Waals surface area (Å²) in [5, 5.41) is 0. The summed E-state index contributed by atoms with van der Waals surface area (Å²) in [4.78, 5) is 2.43. The van der Waals surface area contributed by atoms with Crippen molar-refractivity contribution in [1.29, 1.82) is 0 Å². The van der Waals surface area contributed by atoms with Gasteiger partial charge in [0.2, 0.25) is 0 Å². The van der Waals surface area contributed by atoms with Crippen LogP contribution in [0.1, 0.15) is 33.6 Å². The molecule has 0 unspecified atom stereocenters. The van der Waals surface area contributed by atoms with Gasteiger partial charge in [0.05, 0.1) is 6.61 Å². The molecule has 90 valence electrons. The molecule has 0 heterocycles. The van der Waals surface area contributed by atoms with Crippen LogP contribution in [0.2, 0.25) is 0 Å². The van der Waals surface area contributed by atoms with Crippen LogP contribution in [0.15, 0.2) is 24.3 Å². The van der Waals surface area contributed by atoms with Gasteiger partial charge in [-0.25, -0.2) is 0 Å². The monoisotopic (exact) mass is 221 g/mol. The molecule has 0 aliphatic carbocycles. The number of anilines is 1. The minimum atomic E-state index is 0.729. The van der Waals surface area contributed by atoms with E-state index in [0.717, 1.165) is 25.4 Å².